The maximum Gasteiger partial charge on any atom is 0.292 e. The van der Waals surface area contributed by atoms with Crippen LogP contribution in [0.4, 0.5) is 5.82 Å². The first-order valence-corrected chi connectivity index (χ1v) is 6.64. The van der Waals surface area contributed by atoms with Crippen molar-refractivity contribution in [1.29, 1.82) is 0 Å². The van der Waals surface area contributed by atoms with Crippen molar-refractivity contribution in [2.24, 2.45) is 13.0 Å². The second kappa shape index (κ2) is 6.25. The molecule has 2 rings (SSSR count). The SMILES string of the molecule is CC(C)CNC(=O)c1cc(NC(=O)c2ccco2)n(C)n1. The highest BCUT2D eigenvalue weighted by Crippen LogP contribution is 2.11. The number of hydrogen-bond acceptors (Lipinski definition) is 4. The van der Waals surface area contributed by atoms with Crippen LogP contribution in [0.15, 0.2) is 28.9 Å². The van der Waals surface area contributed by atoms with Gasteiger partial charge in [-0.2, -0.15) is 5.10 Å². The third-order valence-electron chi connectivity index (χ3n) is 2.77. The lowest BCUT2D eigenvalue weighted by atomic mass is 10.2. The van der Waals surface area contributed by atoms with E-state index >= 15 is 0 Å². The second-order valence-corrected chi connectivity index (χ2v) is 5.07. The molecule has 0 saturated heterocycles. The molecular weight excluding hydrogens is 272 g/mol. The van der Waals surface area contributed by atoms with E-state index < -0.39 is 5.91 Å². The molecule has 0 aliphatic carbocycles. The molecule has 0 saturated carbocycles. The van der Waals surface area contributed by atoms with Crippen LogP contribution in [-0.2, 0) is 7.05 Å². The highest BCUT2D eigenvalue weighted by Gasteiger charge is 2.16. The highest BCUT2D eigenvalue weighted by atomic mass is 16.3. The van der Waals surface area contributed by atoms with Crippen LogP contribution in [0.25, 0.3) is 0 Å². The first-order valence-electron chi connectivity index (χ1n) is 6.64. The predicted octanol–water partition coefficient (Wildman–Crippen LogP) is 1.65. The van der Waals surface area contributed by atoms with E-state index in [9.17, 15) is 9.59 Å². The molecule has 0 aliphatic heterocycles. The van der Waals surface area contributed by atoms with Crippen molar-refractivity contribution in [3.63, 3.8) is 0 Å². The summed E-state index contributed by atoms with van der Waals surface area (Å²) in [5.41, 5.74) is 0.257. The van der Waals surface area contributed by atoms with E-state index in [4.69, 9.17) is 4.42 Å². The zero-order valence-electron chi connectivity index (χ0n) is 12.2. The third kappa shape index (κ3) is 3.71. The summed E-state index contributed by atoms with van der Waals surface area (Å²) in [6, 6.07) is 4.71. The minimum Gasteiger partial charge on any atom is -0.459 e. The van der Waals surface area contributed by atoms with Gasteiger partial charge in [0.15, 0.2) is 11.5 Å². The first-order chi connectivity index (χ1) is 9.97. The Hall–Kier alpha value is -2.57. The van der Waals surface area contributed by atoms with Gasteiger partial charge in [0.1, 0.15) is 5.82 Å². The standard InChI is InChI=1S/C14H18N4O3/c1-9(2)8-15-13(19)10-7-12(18(3)17-10)16-14(20)11-5-4-6-21-11/h4-7,9H,8H2,1-3H3,(H,15,19)(H,16,20). The summed E-state index contributed by atoms with van der Waals surface area (Å²) in [4.78, 5) is 23.8. The van der Waals surface area contributed by atoms with Gasteiger partial charge in [-0.15, -0.1) is 0 Å². The number of anilines is 1. The van der Waals surface area contributed by atoms with Gasteiger partial charge in [-0.05, 0) is 18.1 Å². The fourth-order valence-electron chi connectivity index (χ4n) is 1.67. The number of carbonyl (C=O) groups excluding carboxylic acids is 2. The van der Waals surface area contributed by atoms with Gasteiger partial charge >= 0.3 is 0 Å². The lowest BCUT2D eigenvalue weighted by Crippen LogP contribution is -2.27. The summed E-state index contributed by atoms with van der Waals surface area (Å²) in [6.45, 7) is 4.59. The van der Waals surface area contributed by atoms with E-state index in [1.807, 2.05) is 13.8 Å². The lowest BCUT2D eigenvalue weighted by Gasteiger charge is -2.04. The van der Waals surface area contributed by atoms with Crippen molar-refractivity contribution >= 4 is 17.6 Å². The molecule has 0 spiro atoms. The van der Waals surface area contributed by atoms with Crippen LogP contribution in [0.2, 0.25) is 0 Å². The molecule has 2 aromatic rings. The van der Waals surface area contributed by atoms with Crippen molar-refractivity contribution in [3.05, 3.63) is 35.9 Å². The molecule has 112 valence electrons. The topological polar surface area (TPSA) is 89.2 Å². The number of nitrogens with zero attached hydrogens (tertiary/aromatic N) is 2. The molecule has 7 heteroatoms. The molecular formula is C14H18N4O3. The molecule has 0 aromatic carbocycles. The normalized spacial score (nSPS) is 10.7. The van der Waals surface area contributed by atoms with E-state index in [0.717, 1.165) is 0 Å². The Morgan fingerprint density at radius 2 is 2.14 bits per heavy atom. The number of aryl methyl sites for hydroxylation is 1. The van der Waals surface area contributed by atoms with Gasteiger partial charge in [-0.3, -0.25) is 14.3 Å². The number of rotatable bonds is 5. The van der Waals surface area contributed by atoms with Gasteiger partial charge < -0.3 is 15.1 Å². The summed E-state index contributed by atoms with van der Waals surface area (Å²) in [5.74, 6) is 0.318. The van der Waals surface area contributed by atoms with Crippen LogP contribution in [0, 0.1) is 5.92 Å². The van der Waals surface area contributed by atoms with E-state index in [2.05, 4.69) is 15.7 Å². The number of amides is 2. The third-order valence-corrected chi connectivity index (χ3v) is 2.77. The summed E-state index contributed by atoms with van der Waals surface area (Å²) in [6.07, 6.45) is 1.42. The molecule has 2 heterocycles. The van der Waals surface area contributed by atoms with Crippen LogP contribution in [0.1, 0.15) is 34.9 Å². The first kappa shape index (κ1) is 14.8. The van der Waals surface area contributed by atoms with Gasteiger partial charge in [0.2, 0.25) is 0 Å². The molecule has 2 amide bonds. The van der Waals surface area contributed by atoms with E-state index in [-0.39, 0.29) is 17.4 Å². The summed E-state index contributed by atoms with van der Waals surface area (Å²) in [5, 5.41) is 9.50. The Labute approximate surface area is 122 Å². The van der Waals surface area contributed by atoms with Crippen LogP contribution in [-0.4, -0.2) is 28.1 Å². The van der Waals surface area contributed by atoms with Gasteiger partial charge in [0.05, 0.1) is 6.26 Å². The molecule has 0 fully saturated rings. The van der Waals surface area contributed by atoms with Gasteiger partial charge in [-0.25, -0.2) is 0 Å². The van der Waals surface area contributed by atoms with Gasteiger partial charge in [-0.1, -0.05) is 13.8 Å². The monoisotopic (exact) mass is 290 g/mol. The van der Waals surface area contributed by atoms with Crippen molar-refractivity contribution in [1.82, 2.24) is 15.1 Å². The Kier molecular flexibility index (Phi) is 4.42. The van der Waals surface area contributed by atoms with Crippen molar-refractivity contribution in [3.8, 4) is 0 Å². The molecule has 0 bridgehead atoms. The predicted molar refractivity (Wildman–Crippen MR) is 77.0 cm³/mol. The maximum atomic E-state index is 11.9. The second-order valence-electron chi connectivity index (χ2n) is 5.07. The molecule has 0 atom stereocenters. The van der Waals surface area contributed by atoms with E-state index in [1.54, 1.807) is 19.2 Å². The van der Waals surface area contributed by atoms with E-state index in [0.29, 0.717) is 18.3 Å². The largest absolute Gasteiger partial charge is 0.459 e. The Morgan fingerprint density at radius 1 is 1.38 bits per heavy atom. The van der Waals surface area contributed by atoms with Crippen LogP contribution in [0.5, 0.6) is 0 Å². The molecule has 21 heavy (non-hydrogen) atoms. The number of furan rings is 1. The Balaban J connectivity index is 2.05. The zero-order chi connectivity index (χ0) is 15.4. The quantitative estimate of drug-likeness (QED) is 0.876. The highest BCUT2D eigenvalue weighted by molar-refractivity contribution is 6.02. The summed E-state index contributed by atoms with van der Waals surface area (Å²) in [7, 11) is 1.65. The van der Waals surface area contributed by atoms with Crippen molar-refractivity contribution in [2.75, 3.05) is 11.9 Å². The van der Waals surface area contributed by atoms with Gasteiger partial charge in [0, 0.05) is 19.7 Å². The molecule has 0 aliphatic rings. The van der Waals surface area contributed by atoms with Crippen LogP contribution >= 0.6 is 0 Å². The number of hydrogen-bond donors (Lipinski definition) is 2. The van der Waals surface area contributed by atoms with Crippen LogP contribution < -0.4 is 10.6 Å². The van der Waals surface area contributed by atoms with Crippen molar-refractivity contribution in [2.45, 2.75) is 13.8 Å². The molecule has 2 aromatic heterocycles. The molecule has 7 nitrogen and oxygen atoms in total. The number of aromatic nitrogens is 2. The fourth-order valence-corrected chi connectivity index (χ4v) is 1.67. The lowest BCUT2D eigenvalue weighted by molar-refractivity contribution is 0.0942. The molecule has 0 radical (unpaired) electrons. The van der Waals surface area contributed by atoms with Gasteiger partial charge in [0.25, 0.3) is 11.8 Å². The zero-order valence-corrected chi connectivity index (χ0v) is 12.2. The fraction of sp³-hybridized carbons (Fsp3) is 0.357. The maximum absolute atomic E-state index is 11.9. The molecule has 0 unspecified atom stereocenters. The Morgan fingerprint density at radius 3 is 2.76 bits per heavy atom. The Bertz CT molecular complexity index is 629. The summed E-state index contributed by atoms with van der Waals surface area (Å²) >= 11 is 0. The number of carbonyl (C=O) groups is 2. The van der Waals surface area contributed by atoms with Crippen molar-refractivity contribution < 1.29 is 14.0 Å². The smallest absolute Gasteiger partial charge is 0.292 e. The van der Waals surface area contributed by atoms with Crippen LogP contribution in [0.3, 0.4) is 0 Å². The average molecular weight is 290 g/mol. The minimum atomic E-state index is -0.392. The van der Waals surface area contributed by atoms with E-state index in [1.165, 1.54) is 17.0 Å². The summed E-state index contributed by atoms with van der Waals surface area (Å²) < 4.78 is 6.44. The molecule has 2 N–H and O–H groups in total. The average Bonchev–Trinajstić information content (AvgIpc) is 3.06. The minimum absolute atomic E-state index is 0.196. The number of nitrogens with one attached hydrogen (secondary N) is 2.